The first kappa shape index (κ1) is 36.2. The Morgan fingerprint density at radius 3 is 1.30 bits per heavy atom. The molecular formula is C44H36N10O3. The van der Waals surface area contributed by atoms with Gasteiger partial charge in [-0.1, -0.05) is 36.4 Å². The zero-order chi connectivity index (χ0) is 39.1. The Morgan fingerprint density at radius 1 is 0.509 bits per heavy atom. The molecule has 0 saturated carbocycles. The van der Waals surface area contributed by atoms with Crippen LogP contribution in [-0.4, -0.2) is 55.1 Å². The van der Waals surface area contributed by atoms with Crippen LogP contribution >= 0.6 is 0 Å². The molecule has 0 bridgehead atoms. The summed E-state index contributed by atoms with van der Waals surface area (Å²) in [5, 5.41) is 5.72. The van der Waals surface area contributed by atoms with Crippen LogP contribution in [0, 0.1) is 0 Å². The molecule has 0 fully saturated rings. The van der Waals surface area contributed by atoms with Crippen LogP contribution in [0.25, 0.3) is 44.8 Å². The molecular weight excluding hydrogens is 717 g/mol. The second-order valence-electron chi connectivity index (χ2n) is 12.7. The maximum absolute atomic E-state index is 13.1. The van der Waals surface area contributed by atoms with Crippen molar-refractivity contribution in [3.8, 4) is 34.0 Å². The highest BCUT2D eigenvalue weighted by molar-refractivity contribution is 6.00. The Morgan fingerprint density at radius 2 is 0.912 bits per heavy atom. The fourth-order valence-electron chi connectivity index (χ4n) is 6.15. The van der Waals surface area contributed by atoms with Gasteiger partial charge in [0, 0.05) is 24.2 Å². The van der Waals surface area contributed by atoms with Gasteiger partial charge in [-0.3, -0.25) is 9.97 Å². The number of carbonyl (C=O) groups excluding carboxylic acids is 2. The first-order valence-corrected chi connectivity index (χ1v) is 18.4. The molecule has 0 aliphatic heterocycles. The molecule has 4 aromatic heterocycles. The molecule has 0 unspecified atom stereocenters. The van der Waals surface area contributed by atoms with E-state index in [1.54, 1.807) is 36.7 Å². The van der Waals surface area contributed by atoms with E-state index in [4.69, 9.17) is 24.7 Å². The van der Waals surface area contributed by atoms with Gasteiger partial charge < -0.3 is 15.4 Å². The number of fused-ring (bicyclic) bond motifs is 2. The zero-order valence-electron chi connectivity index (χ0n) is 31.1. The van der Waals surface area contributed by atoms with Gasteiger partial charge in [0.05, 0.1) is 35.2 Å². The number of pyridine rings is 2. The first-order valence-electron chi connectivity index (χ1n) is 18.4. The fraction of sp³-hybridized carbons (Fsp3) is 0.0909. The molecule has 0 saturated heterocycles. The minimum atomic E-state index is -0.287. The number of urea groups is 2. The number of amides is 4. The van der Waals surface area contributed by atoms with Crippen molar-refractivity contribution in [2.75, 3.05) is 22.9 Å². The normalized spacial score (nSPS) is 10.9. The predicted molar refractivity (Wildman–Crippen MR) is 221 cm³/mol. The van der Waals surface area contributed by atoms with E-state index in [1.807, 2.05) is 123 Å². The second kappa shape index (κ2) is 16.3. The molecule has 0 atom stereocenters. The van der Waals surface area contributed by atoms with Gasteiger partial charge in [-0.05, 0) is 111 Å². The molecule has 57 heavy (non-hydrogen) atoms. The first-order chi connectivity index (χ1) is 28.0. The van der Waals surface area contributed by atoms with Crippen molar-refractivity contribution in [3.05, 3.63) is 146 Å². The minimum Gasteiger partial charge on any atom is -0.457 e. The number of hydrogen-bond donors (Lipinski definition) is 2. The average molecular weight is 753 g/mol. The summed E-state index contributed by atoms with van der Waals surface area (Å²) in [6, 6.07) is 40.3. The summed E-state index contributed by atoms with van der Waals surface area (Å²) in [5.41, 5.74) is 6.32. The summed E-state index contributed by atoms with van der Waals surface area (Å²) in [4.78, 5) is 57.4. The monoisotopic (exact) mass is 752 g/mol. The van der Waals surface area contributed by atoms with Gasteiger partial charge in [-0.25, -0.2) is 39.3 Å². The molecule has 2 N–H and O–H groups in total. The Bertz CT molecular complexity index is 2490. The molecule has 4 aromatic carbocycles. The Balaban J connectivity index is 0.985. The molecule has 0 aliphatic rings. The largest absolute Gasteiger partial charge is 0.457 e. The highest BCUT2D eigenvalue weighted by Gasteiger charge is 2.21. The Hall–Kier alpha value is -7.80. The van der Waals surface area contributed by atoms with E-state index in [0.29, 0.717) is 81.3 Å². The number of anilines is 4. The third-order valence-corrected chi connectivity index (χ3v) is 8.87. The third-order valence-electron chi connectivity index (χ3n) is 8.87. The van der Waals surface area contributed by atoms with Crippen molar-refractivity contribution in [3.63, 3.8) is 0 Å². The molecule has 13 nitrogen and oxygen atoms in total. The number of ether oxygens (including phenoxy) is 1. The summed E-state index contributed by atoms with van der Waals surface area (Å²) in [6.45, 7) is 4.69. The van der Waals surface area contributed by atoms with E-state index in [-0.39, 0.29) is 12.1 Å². The van der Waals surface area contributed by atoms with Gasteiger partial charge in [0.1, 0.15) is 34.2 Å². The SMILES string of the molecule is CCNC(=O)N(c1ccccc1)c1ccc2ncc(-c3ccc(Oc4ccc(-c5cnc6ccc(N(C(=O)NCC)c7ccccc7)nc6n5)cc4)cc3)nc2n1. The van der Waals surface area contributed by atoms with Crippen LogP contribution in [0.1, 0.15) is 13.8 Å². The van der Waals surface area contributed by atoms with Gasteiger partial charge in [-0.15, -0.1) is 0 Å². The van der Waals surface area contributed by atoms with Crippen molar-refractivity contribution < 1.29 is 14.3 Å². The number of rotatable bonds is 10. The standard InChI is InChI=1S/C44H36N10O3/c1-3-45-43(55)53(31-11-7-5-8-12-31)39-25-23-35-41(51-39)49-37(27-47-35)29-15-19-33(20-16-29)57-34-21-17-30(18-22-34)38-28-48-36-24-26-40(52-42(36)50-38)54(44(56)46-4-2)32-13-9-6-10-14-32/h5-28H,3-4H2,1-2H3,(H,45,55)(H,46,56). The van der Waals surface area contributed by atoms with Crippen LogP contribution in [0.2, 0.25) is 0 Å². The lowest BCUT2D eigenvalue weighted by Gasteiger charge is -2.22. The lowest BCUT2D eigenvalue weighted by Crippen LogP contribution is -2.37. The third kappa shape index (κ3) is 7.89. The molecule has 0 spiro atoms. The molecule has 8 aromatic rings. The minimum absolute atomic E-state index is 0.287. The van der Waals surface area contributed by atoms with E-state index in [9.17, 15) is 9.59 Å². The molecule has 13 heteroatoms. The smallest absolute Gasteiger partial charge is 0.327 e. The molecule has 4 amide bonds. The predicted octanol–water partition coefficient (Wildman–Crippen LogP) is 9.22. The van der Waals surface area contributed by atoms with Gasteiger partial charge in [0.25, 0.3) is 0 Å². The lowest BCUT2D eigenvalue weighted by atomic mass is 10.1. The number of nitrogens with zero attached hydrogens (tertiary/aromatic N) is 8. The molecule has 0 aliphatic carbocycles. The number of benzene rings is 4. The van der Waals surface area contributed by atoms with E-state index in [1.165, 1.54) is 9.80 Å². The van der Waals surface area contributed by atoms with Crippen molar-refractivity contribution >= 4 is 57.4 Å². The summed E-state index contributed by atoms with van der Waals surface area (Å²) >= 11 is 0. The molecule has 4 heterocycles. The zero-order valence-corrected chi connectivity index (χ0v) is 31.1. The second-order valence-corrected chi connectivity index (χ2v) is 12.7. The number of carbonyl (C=O) groups is 2. The topological polar surface area (TPSA) is 151 Å². The molecule has 8 rings (SSSR count). The number of aromatic nitrogens is 6. The van der Waals surface area contributed by atoms with Crippen molar-refractivity contribution in [2.24, 2.45) is 0 Å². The summed E-state index contributed by atoms with van der Waals surface area (Å²) in [6.07, 6.45) is 3.40. The molecule has 280 valence electrons. The van der Waals surface area contributed by atoms with Gasteiger partial charge in [-0.2, -0.15) is 0 Å². The van der Waals surface area contributed by atoms with E-state index in [0.717, 1.165) is 11.1 Å². The highest BCUT2D eigenvalue weighted by atomic mass is 16.5. The van der Waals surface area contributed by atoms with Crippen molar-refractivity contribution in [1.82, 2.24) is 40.5 Å². The van der Waals surface area contributed by atoms with E-state index >= 15 is 0 Å². The van der Waals surface area contributed by atoms with Crippen LogP contribution in [-0.2, 0) is 0 Å². The van der Waals surface area contributed by atoms with E-state index in [2.05, 4.69) is 20.6 Å². The van der Waals surface area contributed by atoms with Crippen LogP contribution < -0.4 is 25.2 Å². The molecule has 0 radical (unpaired) electrons. The van der Waals surface area contributed by atoms with Gasteiger partial charge in [0.2, 0.25) is 0 Å². The van der Waals surface area contributed by atoms with Crippen LogP contribution in [0.15, 0.2) is 146 Å². The summed E-state index contributed by atoms with van der Waals surface area (Å²) in [5.74, 6) is 2.14. The number of para-hydroxylation sites is 2. The lowest BCUT2D eigenvalue weighted by molar-refractivity contribution is 0.248. The van der Waals surface area contributed by atoms with Crippen molar-refractivity contribution in [1.29, 1.82) is 0 Å². The fourth-order valence-corrected chi connectivity index (χ4v) is 6.15. The average Bonchev–Trinajstić information content (AvgIpc) is 3.25. The Labute approximate surface area is 328 Å². The Kier molecular flexibility index (Phi) is 10.3. The maximum Gasteiger partial charge on any atom is 0.327 e. The van der Waals surface area contributed by atoms with Crippen LogP contribution in [0.5, 0.6) is 11.5 Å². The summed E-state index contributed by atoms with van der Waals surface area (Å²) < 4.78 is 6.17. The number of nitrogens with one attached hydrogen (secondary N) is 2. The maximum atomic E-state index is 13.1. The van der Waals surface area contributed by atoms with E-state index < -0.39 is 0 Å². The summed E-state index contributed by atoms with van der Waals surface area (Å²) in [7, 11) is 0. The number of hydrogen-bond acceptors (Lipinski definition) is 9. The van der Waals surface area contributed by atoms with Gasteiger partial charge in [0.15, 0.2) is 11.3 Å². The highest BCUT2D eigenvalue weighted by Crippen LogP contribution is 2.30. The van der Waals surface area contributed by atoms with Crippen LogP contribution in [0.3, 0.4) is 0 Å². The van der Waals surface area contributed by atoms with Crippen LogP contribution in [0.4, 0.5) is 32.6 Å². The van der Waals surface area contributed by atoms with Crippen molar-refractivity contribution in [2.45, 2.75) is 13.8 Å². The van der Waals surface area contributed by atoms with Gasteiger partial charge >= 0.3 is 12.1 Å². The quantitative estimate of drug-likeness (QED) is 0.139.